The molecule has 0 saturated carbocycles. The van der Waals surface area contributed by atoms with Gasteiger partial charge in [0.2, 0.25) is 0 Å². The van der Waals surface area contributed by atoms with E-state index in [4.69, 9.17) is 4.74 Å². The van der Waals surface area contributed by atoms with Gasteiger partial charge in [0.05, 0.1) is 6.54 Å². The largest absolute Gasteiger partial charge is 0.484 e. The van der Waals surface area contributed by atoms with Crippen LogP contribution < -0.4 is 15.6 Å². The maximum Gasteiger partial charge on any atom is 0.276 e. The van der Waals surface area contributed by atoms with Gasteiger partial charge in [-0.3, -0.25) is 25.3 Å². The summed E-state index contributed by atoms with van der Waals surface area (Å²) in [6.45, 7) is 5.60. The van der Waals surface area contributed by atoms with E-state index in [1.54, 1.807) is 12.1 Å². The van der Waals surface area contributed by atoms with E-state index in [0.29, 0.717) is 5.75 Å². The molecule has 0 aromatic heterocycles. The van der Waals surface area contributed by atoms with Gasteiger partial charge in [0.1, 0.15) is 5.75 Å². The Morgan fingerprint density at radius 1 is 1.10 bits per heavy atom. The number of nitrogens with zero attached hydrogens (tertiary/aromatic N) is 1. The van der Waals surface area contributed by atoms with Gasteiger partial charge in [0, 0.05) is 4.47 Å². The van der Waals surface area contributed by atoms with Gasteiger partial charge < -0.3 is 4.74 Å². The van der Waals surface area contributed by atoms with Crippen LogP contribution in [-0.2, 0) is 9.59 Å². The Balaban J connectivity index is 2.24. The zero-order valence-electron chi connectivity index (χ0n) is 12.2. The average Bonchev–Trinajstić information content (AvgIpc) is 2.50. The molecule has 1 rings (SSSR count). The molecule has 0 bridgehead atoms. The summed E-state index contributed by atoms with van der Waals surface area (Å²) in [7, 11) is 0. The fraction of sp³-hybridized carbons (Fsp3) is 0.429. The van der Waals surface area contributed by atoms with E-state index >= 15 is 0 Å². The number of hydrazine groups is 1. The quantitative estimate of drug-likeness (QED) is 0.722. The van der Waals surface area contributed by atoms with Gasteiger partial charge in [0.15, 0.2) is 6.61 Å². The Labute approximate surface area is 132 Å². The van der Waals surface area contributed by atoms with Gasteiger partial charge in [-0.1, -0.05) is 29.8 Å². The van der Waals surface area contributed by atoms with Crippen molar-refractivity contribution in [2.75, 3.05) is 26.2 Å². The minimum absolute atomic E-state index is 0.160. The normalized spacial score (nSPS) is 10.3. The molecule has 7 heteroatoms. The van der Waals surface area contributed by atoms with Gasteiger partial charge in [-0.05, 0) is 37.4 Å². The summed E-state index contributed by atoms with van der Waals surface area (Å²) >= 11 is 3.31. The third kappa shape index (κ3) is 7.10. The van der Waals surface area contributed by atoms with Crippen molar-refractivity contribution in [1.29, 1.82) is 0 Å². The fourth-order valence-electron chi connectivity index (χ4n) is 1.55. The molecule has 0 spiro atoms. The molecule has 2 amide bonds. The van der Waals surface area contributed by atoms with Gasteiger partial charge in [-0.15, -0.1) is 0 Å². The first-order valence-corrected chi connectivity index (χ1v) is 7.52. The molecule has 1 aromatic rings. The SMILES string of the molecule is CCN(CC)CC(=O)NNC(=O)COc1ccc(Br)cc1. The maximum absolute atomic E-state index is 11.6. The van der Waals surface area contributed by atoms with E-state index in [9.17, 15) is 9.59 Å². The van der Waals surface area contributed by atoms with Crippen LogP contribution in [-0.4, -0.2) is 43.0 Å². The molecule has 0 aliphatic rings. The zero-order chi connectivity index (χ0) is 15.7. The molecule has 0 atom stereocenters. The lowest BCUT2D eigenvalue weighted by molar-refractivity contribution is -0.130. The molecule has 0 heterocycles. The summed E-state index contributed by atoms with van der Waals surface area (Å²) in [6.07, 6.45) is 0. The van der Waals surface area contributed by atoms with Crippen molar-refractivity contribution in [3.05, 3.63) is 28.7 Å². The topological polar surface area (TPSA) is 70.7 Å². The number of nitrogens with one attached hydrogen (secondary N) is 2. The lowest BCUT2D eigenvalue weighted by Gasteiger charge is -2.17. The minimum Gasteiger partial charge on any atom is -0.484 e. The van der Waals surface area contributed by atoms with Crippen LogP contribution in [0.25, 0.3) is 0 Å². The van der Waals surface area contributed by atoms with Gasteiger partial charge in [0.25, 0.3) is 11.8 Å². The van der Waals surface area contributed by atoms with Crippen molar-refractivity contribution in [3.8, 4) is 5.75 Å². The molecule has 6 nitrogen and oxygen atoms in total. The zero-order valence-corrected chi connectivity index (χ0v) is 13.8. The number of ether oxygens (including phenoxy) is 1. The van der Waals surface area contributed by atoms with Crippen molar-refractivity contribution in [3.63, 3.8) is 0 Å². The first-order valence-electron chi connectivity index (χ1n) is 6.73. The highest BCUT2D eigenvalue weighted by Crippen LogP contribution is 2.15. The highest BCUT2D eigenvalue weighted by Gasteiger charge is 2.08. The van der Waals surface area contributed by atoms with Crippen molar-refractivity contribution >= 4 is 27.7 Å². The monoisotopic (exact) mass is 357 g/mol. The van der Waals surface area contributed by atoms with Gasteiger partial charge in [-0.25, -0.2) is 0 Å². The van der Waals surface area contributed by atoms with Crippen LogP contribution in [0.2, 0.25) is 0 Å². The van der Waals surface area contributed by atoms with E-state index in [2.05, 4.69) is 26.8 Å². The Morgan fingerprint density at radius 3 is 2.24 bits per heavy atom. The van der Waals surface area contributed by atoms with Crippen molar-refractivity contribution in [2.45, 2.75) is 13.8 Å². The first kappa shape index (κ1) is 17.5. The van der Waals surface area contributed by atoms with E-state index in [0.717, 1.165) is 17.6 Å². The second-order valence-electron chi connectivity index (χ2n) is 4.30. The minimum atomic E-state index is -0.411. The highest BCUT2D eigenvalue weighted by atomic mass is 79.9. The molecule has 21 heavy (non-hydrogen) atoms. The number of rotatable bonds is 7. The third-order valence-corrected chi connectivity index (χ3v) is 3.32. The van der Waals surface area contributed by atoms with Crippen molar-refractivity contribution in [1.82, 2.24) is 15.8 Å². The molecular weight excluding hydrogens is 338 g/mol. The molecule has 2 N–H and O–H groups in total. The first-order chi connectivity index (χ1) is 10.0. The summed E-state index contributed by atoms with van der Waals surface area (Å²) in [4.78, 5) is 25.1. The Bertz CT molecular complexity index is 461. The van der Waals surface area contributed by atoms with E-state index in [1.807, 2.05) is 30.9 Å². The summed E-state index contributed by atoms with van der Waals surface area (Å²) in [5.74, 6) is -0.0793. The standard InChI is InChI=1S/C14H20BrN3O3/c1-3-18(4-2)9-13(19)16-17-14(20)10-21-12-7-5-11(15)6-8-12/h5-8H,3-4,9-10H2,1-2H3,(H,16,19)(H,17,20). The molecule has 0 saturated heterocycles. The summed E-state index contributed by atoms with van der Waals surface area (Å²) in [5, 5.41) is 0. The predicted molar refractivity (Wildman–Crippen MR) is 83.7 cm³/mol. The number of carbonyl (C=O) groups excluding carboxylic acids is 2. The van der Waals surface area contributed by atoms with Crippen LogP contribution in [0.4, 0.5) is 0 Å². The number of likely N-dealkylation sites (N-methyl/N-ethyl adjacent to an activating group) is 1. The van der Waals surface area contributed by atoms with Crippen molar-refractivity contribution in [2.24, 2.45) is 0 Å². The molecular formula is C14H20BrN3O3. The Hall–Kier alpha value is -1.60. The summed E-state index contributed by atoms with van der Waals surface area (Å²) < 4.78 is 6.22. The van der Waals surface area contributed by atoms with Crippen LogP contribution in [0, 0.1) is 0 Å². The van der Waals surface area contributed by atoms with Crippen LogP contribution in [0.3, 0.4) is 0 Å². The smallest absolute Gasteiger partial charge is 0.276 e. The number of halogens is 1. The van der Waals surface area contributed by atoms with Gasteiger partial charge >= 0.3 is 0 Å². The van der Waals surface area contributed by atoms with Crippen molar-refractivity contribution < 1.29 is 14.3 Å². The van der Waals surface area contributed by atoms with E-state index in [1.165, 1.54) is 0 Å². The average molecular weight is 358 g/mol. The fourth-order valence-corrected chi connectivity index (χ4v) is 1.81. The molecule has 1 aromatic carbocycles. The predicted octanol–water partition coefficient (Wildman–Crippen LogP) is 1.32. The number of hydrogen-bond acceptors (Lipinski definition) is 4. The number of carbonyl (C=O) groups is 2. The van der Waals surface area contributed by atoms with Crippen LogP contribution in [0.15, 0.2) is 28.7 Å². The van der Waals surface area contributed by atoms with Gasteiger partial charge in [-0.2, -0.15) is 0 Å². The number of benzene rings is 1. The molecule has 116 valence electrons. The number of amides is 2. The second-order valence-corrected chi connectivity index (χ2v) is 5.22. The lowest BCUT2D eigenvalue weighted by Crippen LogP contribution is -2.47. The number of hydrogen-bond donors (Lipinski definition) is 2. The maximum atomic E-state index is 11.6. The summed E-state index contributed by atoms with van der Waals surface area (Å²) in [5.41, 5.74) is 4.68. The van der Waals surface area contributed by atoms with E-state index < -0.39 is 5.91 Å². The molecule has 0 aliphatic carbocycles. The van der Waals surface area contributed by atoms with Crippen LogP contribution in [0.5, 0.6) is 5.75 Å². The highest BCUT2D eigenvalue weighted by molar-refractivity contribution is 9.10. The van der Waals surface area contributed by atoms with Crippen LogP contribution in [0.1, 0.15) is 13.8 Å². The second kappa shape index (κ2) is 9.36. The molecule has 0 radical (unpaired) electrons. The van der Waals surface area contributed by atoms with Crippen LogP contribution >= 0.6 is 15.9 Å². The Morgan fingerprint density at radius 2 is 1.67 bits per heavy atom. The summed E-state index contributed by atoms with van der Waals surface area (Å²) in [6, 6.07) is 7.13. The lowest BCUT2D eigenvalue weighted by atomic mass is 10.3. The third-order valence-electron chi connectivity index (χ3n) is 2.79. The van der Waals surface area contributed by atoms with E-state index in [-0.39, 0.29) is 19.1 Å². The molecule has 0 unspecified atom stereocenters. The molecule has 0 fully saturated rings. The Kier molecular flexibility index (Phi) is 7.78. The molecule has 0 aliphatic heterocycles.